The van der Waals surface area contributed by atoms with Crippen molar-refractivity contribution in [3.8, 4) is 0 Å². The summed E-state index contributed by atoms with van der Waals surface area (Å²) in [5, 5.41) is 11.8. The Morgan fingerprint density at radius 2 is 2.38 bits per heavy atom. The van der Waals surface area contributed by atoms with Crippen molar-refractivity contribution in [2.75, 3.05) is 18.5 Å². The lowest BCUT2D eigenvalue weighted by Gasteiger charge is -2.14. The third kappa shape index (κ3) is 3.86. The number of carboxylic acid groups (broad SMARTS) is 1. The second kappa shape index (κ2) is 6.07. The summed E-state index contributed by atoms with van der Waals surface area (Å²) in [6, 6.07) is 3.33. The van der Waals surface area contributed by atoms with Crippen molar-refractivity contribution in [2.24, 2.45) is 0 Å². The van der Waals surface area contributed by atoms with E-state index >= 15 is 0 Å². The van der Waals surface area contributed by atoms with Gasteiger partial charge >= 0.3 is 5.97 Å². The summed E-state index contributed by atoms with van der Waals surface area (Å²) >= 11 is 0. The van der Waals surface area contributed by atoms with E-state index in [1.54, 1.807) is 6.07 Å². The molecule has 0 aliphatic heterocycles. The van der Waals surface area contributed by atoms with Gasteiger partial charge in [-0.05, 0) is 26.0 Å². The molecule has 0 fully saturated rings. The van der Waals surface area contributed by atoms with Crippen LogP contribution in [-0.4, -0.2) is 35.3 Å². The van der Waals surface area contributed by atoms with Gasteiger partial charge in [-0.25, -0.2) is 9.78 Å². The van der Waals surface area contributed by atoms with Gasteiger partial charge in [0.15, 0.2) is 0 Å². The third-order valence-corrected chi connectivity index (χ3v) is 1.97. The van der Waals surface area contributed by atoms with Gasteiger partial charge < -0.3 is 15.2 Å². The highest BCUT2D eigenvalue weighted by Crippen LogP contribution is 2.07. The van der Waals surface area contributed by atoms with Gasteiger partial charge in [0, 0.05) is 12.6 Å². The number of ether oxygens (including phenoxy) is 1. The number of hydrogen-bond donors (Lipinski definition) is 2. The van der Waals surface area contributed by atoms with Gasteiger partial charge in [0.05, 0.1) is 18.5 Å². The lowest BCUT2D eigenvalue weighted by molar-refractivity contribution is 0.0690. The molecule has 0 saturated carbocycles. The van der Waals surface area contributed by atoms with Crippen molar-refractivity contribution in [1.29, 1.82) is 0 Å². The molecule has 1 rings (SSSR count). The fourth-order valence-corrected chi connectivity index (χ4v) is 1.23. The largest absolute Gasteiger partial charge is 0.477 e. The smallest absolute Gasteiger partial charge is 0.354 e. The van der Waals surface area contributed by atoms with Crippen LogP contribution in [0, 0.1) is 0 Å². The number of pyridine rings is 1. The van der Waals surface area contributed by atoms with E-state index in [0.29, 0.717) is 13.2 Å². The first-order valence-corrected chi connectivity index (χ1v) is 5.17. The average molecular weight is 224 g/mol. The van der Waals surface area contributed by atoms with Gasteiger partial charge in [0.1, 0.15) is 5.69 Å². The Morgan fingerprint density at radius 3 is 2.88 bits per heavy atom. The highest BCUT2D eigenvalue weighted by atomic mass is 16.5. The Kier molecular flexibility index (Phi) is 4.72. The molecule has 1 aromatic rings. The maximum atomic E-state index is 10.6. The van der Waals surface area contributed by atoms with Crippen LogP contribution < -0.4 is 5.32 Å². The standard InChI is InChI=1S/C11H16N2O3/c1-3-16-7-8(2)13-9-4-5-10(11(14)15)12-6-9/h4-6,8,13H,3,7H2,1-2H3,(H,14,15). The van der Waals surface area contributed by atoms with Gasteiger partial charge in [-0.15, -0.1) is 0 Å². The molecule has 0 bridgehead atoms. The fraction of sp³-hybridized carbons (Fsp3) is 0.455. The lowest BCUT2D eigenvalue weighted by atomic mass is 10.3. The number of nitrogens with one attached hydrogen (secondary N) is 1. The molecule has 0 amide bonds. The summed E-state index contributed by atoms with van der Waals surface area (Å²) in [6.07, 6.45) is 1.51. The number of aromatic carboxylic acids is 1. The first-order valence-electron chi connectivity index (χ1n) is 5.17. The zero-order valence-corrected chi connectivity index (χ0v) is 9.43. The van der Waals surface area contributed by atoms with Crippen molar-refractivity contribution in [2.45, 2.75) is 19.9 Å². The van der Waals surface area contributed by atoms with E-state index in [2.05, 4.69) is 10.3 Å². The molecule has 1 aromatic heterocycles. The minimum absolute atomic E-state index is 0.0445. The van der Waals surface area contributed by atoms with Crippen molar-refractivity contribution >= 4 is 11.7 Å². The second-order valence-corrected chi connectivity index (χ2v) is 3.44. The molecule has 0 spiro atoms. The van der Waals surface area contributed by atoms with Crippen LogP contribution >= 0.6 is 0 Å². The highest BCUT2D eigenvalue weighted by molar-refractivity contribution is 5.85. The number of rotatable bonds is 6. The van der Waals surface area contributed by atoms with E-state index in [9.17, 15) is 4.79 Å². The van der Waals surface area contributed by atoms with E-state index in [1.165, 1.54) is 12.3 Å². The Bertz CT molecular complexity index is 338. The lowest BCUT2D eigenvalue weighted by Crippen LogP contribution is -2.21. The van der Waals surface area contributed by atoms with E-state index in [-0.39, 0.29) is 11.7 Å². The number of aromatic nitrogens is 1. The van der Waals surface area contributed by atoms with Crippen LogP contribution in [0.1, 0.15) is 24.3 Å². The minimum Gasteiger partial charge on any atom is -0.477 e. The quantitative estimate of drug-likeness (QED) is 0.768. The number of hydrogen-bond acceptors (Lipinski definition) is 4. The summed E-state index contributed by atoms with van der Waals surface area (Å²) in [7, 11) is 0. The maximum absolute atomic E-state index is 10.6. The average Bonchev–Trinajstić information content (AvgIpc) is 2.27. The Labute approximate surface area is 94.5 Å². The van der Waals surface area contributed by atoms with Gasteiger partial charge in [0.25, 0.3) is 0 Å². The number of carbonyl (C=O) groups is 1. The van der Waals surface area contributed by atoms with Crippen molar-refractivity contribution < 1.29 is 14.6 Å². The molecule has 0 aliphatic carbocycles. The molecule has 0 saturated heterocycles. The maximum Gasteiger partial charge on any atom is 0.354 e. The first kappa shape index (κ1) is 12.4. The predicted octanol–water partition coefficient (Wildman–Crippen LogP) is 1.62. The third-order valence-electron chi connectivity index (χ3n) is 1.97. The topological polar surface area (TPSA) is 71.5 Å². The number of anilines is 1. The van der Waals surface area contributed by atoms with Crippen molar-refractivity contribution in [1.82, 2.24) is 4.98 Å². The number of nitrogens with zero attached hydrogens (tertiary/aromatic N) is 1. The zero-order valence-electron chi connectivity index (χ0n) is 9.43. The predicted molar refractivity (Wildman–Crippen MR) is 60.8 cm³/mol. The Hall–Kier alpha value is -1.62. The normalized spacial score (nSPS) is 12.1. The monoisotopic (exact) mass is 224 g/mol. The first-order chi connectivity index (χ1) is 7.63. The van der Waals surface area contributed by atoms with Crippen LogP contribution in [0.25, 0.3) is 0 Å². The SMILES string of the molecule is CCOCC(C)Nc1ccc(C(=O)O)nc1. The molecule has 1 heterocycles. The van der Waals surface area contributed by atoms with Crippen molar-refractivity contribution in [3.05, 3.63) is 24.0 Å². The molecule has 16 heavy (non-hydrogen) atoms. The summed E-state index contributed by atoms with van der Waals surface area (Å²) < 4.78 is 5.25. The molecule has 5 nitrogen and oxygen atoms in total. The fourth-order valence-electron chi connectivity index (χ4n) is 1.23. The number of carboxylic acids is 1. The van der Waals surface area contributed by atoms with Crippen LogP contribution in [0.2, 0.25) is 0 Å². The highest BCUT2D eigenvalue weighted by Gasteiger charge is 2.05. The molecule has 0 radical (unpaired) electrons. The van der Waals surface area contributed by atoms with Crippen LogP contribution in [0.5, 0.6) is 0 Å². The Morgan fingerprint density at radius 1 is 1.62 bits per heavy atom. The molecule has 1 atom stereocenters. The summed E-state index contributed by atoms with van der Waals surface area (Å²) in [5.74, 6) is -1.02. The van der Waals surface area contributed by atoms with Gasteiger partial charge in [-0.1, -0.05) is 0 Å². The second-order valence-electron chi connectivity index (χ2n) is 3.44. The van der Waals surface area contributed by atoms with Crippen molar-refractivity contribution in [3.63, 3.8) is 0 Å². The minimum atomic E-state index is -1.02. The van der Waals surface area contributed by atoms with Crippen LogP contribution in [0.15, 0.2) is 18.3 Å². The van der Waals surface area contributed by atoms with Gasteiger partial charge in [-0.3, -0.25) is 0 Å². The summed E-state index contributed by atoms with van der Waals surface area (Å²) in [5.41, 5.74) is 0.834. The molecular weight excluding hydrogens is 208 g/mol. The van der Waals surface area contributed by atoms with Crippen LogP contribution in [0.4, 0.5) is 5.69 Å². The van der Waals surface area contributed by atoms with E-state index in [4.69, 9.17) is 9.84 Å². The molecule has 0 aliphatic rings. The summed E-state index contributed by atoms with van der Waals surface area (Å²) in [6.45, 7) is 5.22. The van der Waals surface area contributed by atoms with E-state index in [1.807, 2.05) is 13.8 Å². The molecule has 0 aromatic carbocycles. The van der Waals surface area contributed by atoms with Crippen LogP contribution in [-0.2, 0) is 4.74 Å². The van der Waals surface area contributed by atoms with Gasteiger partial charge in [-0.2, -0.15) is 0 Å². The molecule has 5 heteroatoms. The van der Waals surface area contributed by atoms with E-state index in [0.717, 1.165) is 5.69 Å². The molecule has 88 valence electrons. The van der Waals surface area contributed by atoms with Crippen LogP contribution in [0.3, 0.4) is 0 Å². The van der Waals surface area contributed by atoms with Gasteiger partial charge in [0.2, 0.25) is 0 Å². The molecule has 1 unspecified atom stereocenters. The molecular formula is C11H16N2O3. The van der Waals surface area contributed by atoms with E-state index < -0.39 is 5.97 Å². The zero-order chi connectivity index (χ0) is 12.0. The molecule has 2 N–H and O–H groups in total. The summed E-state index contributed by atoms with van der Waals surface area (Å²) in [4.78, 5) is 14.4. The Balaban J connectivity index is 2.51.